The summed E-state index contributed by atoms with van der Waals surface area (Å²) in [6.45, 7) is 2.01. The molecule has 1 heterocycles. The largest absolute Gasteiger partial charge is 0.359 e. The van der Waals surface area contributed by atoms with Crippen molar-refractivity contribution in [2.75, 3.05) is 7.05 Å². The maximum atomic E-state index is 14.2. The number of hydrogen-bond donors (Lipinski definition) is 1. The number of aromatic nitrogens is 3. The average Bonchev–Trinajstić information content (AvgIpc) is 2.98. The van der Waals surface area contributed by atoms with Crippen molar-refractivity contribution in [2.45, 2.75) is 45.1 Å². The minimum atomic E-state index is -0.363. The first-order chi connectivity index (χ1) is 12.0. The summed E-state index contributed by atoms with van der Waals surface area (Å²) in [7, 11) is 1.66. The number of rotatable bonds is 4. The molecule has 0 radical (unpaired) electrons. The van der Waals surface area contributed by atoms with Crippen molar-refractivity contribution in [1.29, 1.82) is 0 Å². The summed E-state index contributed by atoms with van der Waals surface area (Å²) in [5.41, 5.74) is 0.391. The molecule has 1 aromatic heterocycles. The van der Waals surface area contributed by atoms with Crippen molar-refractivity contribution < 1.29 is 9.18 Å². The number of amides is 1. The maximum absolute atomic E-state index is 14.2. The van der Waals surface area contributed by atoms with Crippen molar-refractivity contribution in [3.63, 3.8) is 0 Å². The van der Waals surface area contributed by atoms with Crippen LogP contribution in [0.15, 0.2) is 18.2 Å². The van der Waals surface area contributed by atoms with Gasteiger partial charge in [-0.3, -0.25) is 4.79 Å². The van der Waals surface area contributed by atoms with Gasteiger partial charge in [-0.05, 0) is 31.9 Å². The quantitative estimate of drug-likeness (QED) is 0.903. The van der Waals surface area contributed by atoms with Gasteiger partial charge >= 0.3 is 0 Å². The maximum Gasteiger partial charge on any atom is 0.223 e. The fraction of sp³-hybridized carbons (Fsp3) is 0.500. The summed E-state index contributed by atoms with van der Waals surface area (Å²) in [6, 6.07) is 4.63. The van der Waals surface area contributed by atoms with Crippen molar-refractivity contribution in [1.82, 2.24) is 20.1 Å². The van der Waals surface area contributed by atoms with Crippen LogP contribution in [-0.4, -0.2) is 27.7 Å². The molecule has 2 atom stereocenters. The third-order valence-electron chi connectivity index (χ3n) is 4.86. The highest BCUT2D eigenvalue weighted by atomic mass is 35.5. The van der Waals surface area contributed by atoms with Gasteiger partial charge in [-0.2, -0.15) is 5.10 Å². The highest BCUT2D eigenvalue weighted by molar-refractivity contribution is 6.31. The van der Waals surface area contributed by atoms with Gasteiger partial charge in [-0.1, -0.05) is 30.5 Å². The number of nitrogens with one attached hydrogen (secondary N) is 1. The third kappa shape index (κ3) is 3.68. The van der Waals surface area contributed by atoms with E-state index >= 15 is 0 Å². The topological polar surface area (TPSA) is 59.8 Å². The van der Waals surface area contributed by atoms with Crippen molar-refractivity contribution in [3.05, 3.63) is 46.3 Å². The molecule has 0 unspecified atom stereocenters. The Morgan fingerprint density at radius 2 is 2.16 bits per heavy atom. The van der Waals surface area contributed by atoms with E-state index in [1.54, 1.807) is 30.8 Å². The van der Waals surface area contributed by atoms with Crippen molar-refractivity contribution in [2.24, 2.45) is 5.92 Å². The van der Waals surface area contributed by atoms with Gasteiger partial charge in [-0.15, -0.1) is 0 Å². The lowest BCUT2D eigenvalue weighted by atomic mass is 9.78. The molecule has 1 amide bonds. The lowest BCUT2D eigenvalue weighted by Crippen LogP contribution is -2.35. The predicted molar refractivity (Wildman–Crippen MR) is 94.0 cm³/mol. The minimum Gasteiger partial charge on any atom is -0.359 e. The molecule has 1 aliphatic carbocycles. The Hall–Kier alpha value is -1.95. The van der Waals surface area contributed by atoms with E-state index in [0.29, 0.717) is 16.4 Å². The van der Waals surface area contributed by atoms with Crippen LogP contribution in [0.3, 0.4) is 0 Å². The Bertz CT molecular complexity index is 756. The summed E-state index contributed by atoms with van der Waals surface area (Å²) in [5.74, 6) is 0.880. The van der Waals surface area contributed by atoms with Crippen LogP contribution in [0.25, 0.3) is 0 Å². The number of halogens is 2. The van der Waals surface area contributed by atoms with E-state index in [2.05, 4.69) is 15.4 Å². The SMILES string of the molecule is CNC(=O)[C@@H]1CCCC[C@@H]1c1nc(C)nn1Cc1c(F)cccc1Cl. The highest BCUT2D eigenvalue weighted by Crippen LogP contribution is 2.37. The molecule has 3 rings (SSSR count). The molecule has 0 aliphatic heterocycles. The number of nitrogens with zero attached hydrogens (tertiary/aromatic N) is 3. The van der Waals surface area contributed by atoms with Crippen LogP contribution in [-0.2, 0) is 11.3 Å². The Kier molecular flexibility index (Phi) is 5.37. The Balaban J connectivity index is 1.96. The van der Waals surface area contributed by atoms with E-state index < -0.39 is 0 Å². The second-order valence-electron chi connectivity index (χ2n) is 6.49. The normalized spacial score (nSPS) is 20.5. The monoisotopic (exact) mass is 364 g/mol. The van der Waals surface area contributed by atoms with E-state index in [1.165, 1.54) is 6.07 Å². The number of benzene rings is 1. The van der Waals surface area contributed by atoms with Gasteiger partial charge in [-0.25, -0.2) is 14.1 Å². The van der Waals surface area contributed by atoms with E-state index in [-0.39, 0.29) is 30.1 Å². The molecule has 0 spiro atoms. The molecular formula is C18H22ClFN4O. The van der Waals surface area contributed by atoms with Crippen LogP contribution in [0.2, 0.25) is 5.02 Å². The van der Waals surface area contributed by atoms with E-state index in [9.17, 15) is 9.18 Å². The van der Waals surface area contributed by atoms with Gasteiger partial charge in [0.2, 0.25) is 5.91 Å². The molecule has 1 aliphatic rings. The number of aryl methyl sites for hydroxylation is 1. The van der Waals surface area contributed by atoms with Crippen LogP contribution >= 0.6 is 11.6 Å². The molecule has 25 heavy (non-hydrogen) atoms. The molecule has 134 valence electrons. The summed E-state index contributed by atoms with van der Waals surface area (Å²) in [6.07, 6.45) is 3.78. The molecule has 0 bridgehead atoms. The van der Waals surface area contributed by atoms with Crippen LogP contribution in [0.5, 0.6) is 0 Å². The predicted octanol–water partition coefficient (Wildman–Crippen LogP) is 3.45. The molecule has 2 aromatic rings. The number of carbonyl (C=O) groups is 1. The molecular weight excluding hydrogens is 343 g/mol. The fourth-order valence-corrected chi connectivity index (χ4v) is 3.86. The van der Waals surface area contributed by atoms with Crippen LogP contribution in [0.4, 0.5) is 4.39 Å². The Labute approximate surface area is 151 Å². The fourth-order valence-electron chi connectivity index (χ4n) is 3.63. The Morgan fingerprint density at radius 3 is 2.88 bits per heavy atom. The second kappa shape index (κ2) is 7.52. The highest BCUT2D eigenvalue weighted by Gasteiger charge is 2.35. The summed E-state index contributed by atoms with van der Waals surface area (Å²) in [4.78, 5) is 16.8. The van der Waals surface area contributed by atoms with Crippen molar-refractivity contribution in [3.8, 4) is 0 Å². The first-order valence-corrected chi connectivity index (χ1v) is 8.95. The molecule has 5 nitrogen and oxygen atoms in total. The van der Waals surface area contributed by atoms with Crippen LogP contribution in [0.1, 0.15) is 48.8 Å². The van der Waals surface area contributed by atoms with Crippen molar-refractivity contribution >= 4 is 17.5 Å². The van der Waals surface area contributed by atoms with E-state index in [1.807, 2.05) is 0 Å². The zero-order chi connectivity index (χ0) is 18.0. The summed E-state index contributed by atoms with van der Waals surface area (Å²) in [5, 5.41) is 7.55. The van der Waals surface area contributed by atoms with Gasteiger partial charge in [0, 0.05) is 29.5 Å². The molecule has 1 saturated carbocycles. The number of hydrogen-bond acceptors (Lipinski definition) is 3. The molecule has 1 fully saturated rings. The zero-order valence-electron chi connectivity index (χ0n) is 14.4. The minimum absolute atomic E-state index is 0.0135. The first kappa shape index (κ1) is 17.9. The second-order valence-corrected chi connectivity index (χ2v) is 6.89. The molecule has 7 heteroatoms. The zero-order valence-corrected chi connectivity index (χ0v) is 15.2. The van der Waals surface area contributed by atoms with Crippen LogP contribution in [0, 0.1) is 18.7 Å². The van der Waals surface area contributed by atoms with Gasteiger partial charge in [0.1, 0.15) is 17.5 Å². The molecule has 0 saturated heterocycles. The molecule has 1 aromatic carbocycles. The average molecular weight is 365 g/mol. The summed E-state index contributed by atoms with van der Waals surface area (Å²) >= 11 is 6.16. The first-order valence-electron chi connectivity index (χ1n) is 8.57. The van der Waals surface area contributed by atoms with Gasteiger partial charge in [0.15, 0.2) is 0 Å². The third-order valence-corrected chi connectivity index (χ3v) is 5.21. The lowest BCUT2D eigenvalue weighted by Gasteiger charge is -2.29. The standard InChI is InChI=1S/C18H22ClFN4O/c1-11-22-17(12-6-3-4-7-13(12)18(25)21-2)24(23-11)10-14-15(19)8-5-9-16(14)20/h5,8-9,12-13H,3-4,6-7,10H2,1-2H3,(H,21,25)/t12-,13+/m0/s1. The van der Waals surface area contributed by atoms with Gasteiger partial charge in [0.05, 0.1) is 6.54 Å². The summed E-state index contributed by atoms with van der Waals surface area (Å²) < 4.78 is 15.9. The molecule has 1 N–H and O–H groups in total. The van der Waals surface area contributed by atoms with E-state index in [4.69, 9.17) is 11.6 Å². The van der Waals surface area contributed by atoms with Gasteiger partial charge < -0.3 is 5.32 Å². The lowest BCUT2D eigenvalue weighted by molar-refractivity contribution is -0.126. The van der Waals surface area contributed by atoms with Gasteiger partial charge in [0.25, 0.3) is 0 Å². The van der Waals surface area contributed by atoms with E-state index in [0.717, 1.165) is 31.5 Å². The Morgan fingerprint density at radius 1 is 1.40 bits per heavy atom. The van der Waals surface area contributed by atoms with Crippen LogP contribution < -0.4 is 5.32 Å². The number of carbonyl (C=O) groups excluding carboxylic acids is 1. The smallest absolute Gasteiger partial charge is 0.223 e.